The highest BCUT2D eigenvalue weighted by Crippen LogP contribution is 2.15. The van der Waals surface area contributed by atoms with Crippen LogP contribution in [-0.4, -0.2) is 98.1 Å². The highest BCUT2D eigenvalue weighted by molar-refractivity contribution is 5.80. The van der Waals surface area contributed by atoms with Gasteiger partial charge in [-0.25, -0.2) is 0 Å². The van der Waals surface area contributed by atoms with Gasteiger partial charge in [0, 0.05) is 78.4 Å². The van der Waals surface area contributed by atoms with Crippen molar-refractivity contribution in [1.29, 1.82) is 0 Å². The van der Waals surface area contributed by atoms with E-state index in [9.17, 15) is 4.79 Å². The van der Waals surface area contributed by atoms with Gasteiger partial charge in [-0.1, -0.05) is 0 Å². The fourth-order valence-corrected chi connectivity index (χ4v) is 3.86. The van der Waals surface area contributed by atoms with E-state index in [1.165, 1.54) is 32.7 Å². The number of carbonyl (C=O) groups is 1. The maximum atomic E-state index is 11.4. The second kappa shape index (κ2) is 7.49. The minimum Gasteiger partial charge on any atom is -0.355 e. The summed E-state index contributed by atoms with van der Waals surface area (Å²) < 4.78 is 0. The Hall–Kier alpha value is -1.34. The summed E-state index contributed by atoms with van der Waals surface area (Å²) >= 11 is 0. The van der Waals surface area contributed by atoms with Crippen LogP contribution in [0.5, 0.6) is 0 Å². The molecule has 2 N–H and O–H groups in total. The van der Waals surface area contributed by atoms with E-state index in [-0.39, 0.29) is 5.91 Å². The largest absolute Gasteiger partial charge is 0.355 e. The van der Waals surface area contributed by atoms with Crippen molar-refractivity contribution in [3.05, 3.63) is 0 Å². The first kappa shape index (κ1) is 16.5. The Morgan fingerprint density at radius 2 is 1.83 bits per heavy atom. The van der Waals surface area contributed by atoms with Gasteiger partial charge < -0.3 is 15.5 Å². The molecule has 4 heterocycles. The molecule has 1 unspecified atom stereocenters. The topological polar surface area (TPSA) is 63.2 Å². The van der Waals surface area contributed by atoms with Crippen molar-refractivity contribution in [2.75, 3.05) is 59.4 Å². The second-order valence-corrected chi connectivity index (χ2v) is 6.87. The summed E-state index contributed by atoms with van der Waals surface area (Å²) in [5.41, 5.74) is 0. The number of hydrogen-bond acceptors (Lipinski definition) is 4. The van der Waals surface area contributed by atoms with Gasteiger partial charge in [-0.2, -0.15) is 0 Å². The van der Waals surface area contributed by atoms with Crippen LogP contribution in [0.1, 0.15) is 19.8 Å². The third kappa shape index (κ3) is 4.14. The molecule has 23 heavy (non-hydrogen) atoms. The van der Waals surface area contributed by atoms with E-state index in [2.05, 4.69) is 25.4 Å². The van der Waals surface area contributed by atoms with Crippen molar-refractivity contribution < 1.29 is 4.79 Å². The quantitative estimate of drug-likeness (QED) is 0.524. The Morgan fingerprint density at radius 1 is 1.13 bits per heavy atom. The third-order valence-electron chi connectivity index (χ3n) is 5.40. The van der Waals surface area contributed by atoms with Crippen LogP contribution < -0.4 is 10.6 Å². The average Bonchev–Trinajstić information content (AvgIpc) is 2.60. The lowest BCUT2D eigenvalue weighted by atomic mass is 10.1. The number of amides is 1. The van der Waals surface area contributed by atoms with Gasteiger partial charge >= 0.3 is 0 Å². The minimum atomic E-state index is 0.183. The second-order valence-electron chi connectivity index (χ2n) is 6.87. The number of rotatable bonds is 3. The van der Waals surface area contributed by atoms with Crippen LogP contribution in [0, 0.1) is 0 Å². The summed E-state index contributed by atoms with van der Waals surface area (Å²) in [6.07, 6.45) is 1.98. The Balaban J connectivity index is 1.41. The van der Waals surface area contributed by atoms with Crippen LogP contribution in [0.3, 0.4) is 0 Å². The summed E-state index contributed by atoms with van der Waals surface area (Å²) in [7, 11) is 1.83. The average molecular weight is 322 g/mol. The van der Waals surface area contributed by atoms with Gasteiger partial charge in [-0.15, -0.1) is 0 Å². The van der Waals surface area contributed by atoms with Gasteiger partial charge in [0.25, 0.3) is 0 Å². The molecule has 4 aliphatic heterocycles. The van der Waals surface area contributed by atoms with Gasteiger partial charge in [0.15, 0.2) is 5.96 Å². The molecule has 0 aromatic heterocycles. The number of likely N-dealkylation sites (tertiary alicyclic amines) is 1. The van der Waals surface area contributed by atoms with E-state index in [4.69, 9.17) is 0 Å². The maximum Gasteiger partial charge on any atom is 0.219 e. The minimum absolute atomic E-state index is 0.183. The van der Waals surface area contributed by atoms with E-state index in [0.29, 0.717) is 12.1 Å². The zero-order valence-corrected chi connectivity index (χ0v) is 14.4. The number of nitrogens with zero attached hydrogens (tertiary/aromatic N) is 4. The van der Waals surface area contributed by atoms with E-state index >= 15 is 0 Å². The van der Waals surface area contributed by atoms with Crippen LogP contribution in [0.2, 0.25) is 0 Å². The molecule has 0 spiro atoms. The fraction of sp³-hybridized carbons (Fsp3) is 0.875. The highest BCUT2D eigenvalue weighted by Gasteiger charge is 2.31. The number of hydrogen-bond donors (Lipinski definition) is 2. The predicted octanol–water partition coefficient (Wildman–Crippen LogP) is -0.838. The van der Waals surface area contributed by atoms with E-state index in [1.54, 1.807) is 6.92 Å². The van der Waals surface area contributed by atoms with E-state index in [1.807, 2.05) is 11.9 Å². The lowest BCUT2D eigenvalue weighted by molar-refractivity contribution is -0.129. The monoisotopic (exact) mass is 322 g/mol. The molecule has 0 saturated carbocycles. The zero-order valence-electron chi connectivity index (χ0n) is 14.4. The molecule has 4 rings (SSSR count). The first-order valence-electron chi connectivity index (χ1n) is 8.85. The number of piperazine rings is 3. The van der Waals surface area contributed by atoms with Gasteiger partial charge in [-0.3, -0.25) is 19.6 Å². The zero-order chi connectivity index (χ0) is 16.2. The standard InChI is InChI=1S/C16H30N6O/c1-13(23)21-5-3-14(4-6-21)19-16(17-2)18-11-15-12-20-7-9-22(15)10-8-20/h14-15H,3-12H2,1-2H3,(H2,17,18,19). The van der Waals surface area contributed by atoms with Crippen LogP contribution in [0.25, 0.3) is 0 Å². The fourth-order valence-electron chi connectivity index (χ4n) is 3.86. The summed E-state index contributed by atoms with van der Waals surface area (Å²) in [6.45, 7) is 10.3. The highest BCUT2D eigenvalue weighted by atomic mass is 16.2. The number of fused-ring (bicyclic) bond motifs is 3. The Morgan fingerprint density at radius 3 is 2.35 bits per heavy atom. The Kier molecular flexibility index (Phi) is 5.38. The van der Waals surface area contributed by atoms with Gasteiger partial charge in [0.05, 0.1) is 0 Å². The molecule has 0 radical (unpaired) electrons. The van der Waals surface area contributed by atoms with Crippen LogP contribution in [-0.2, 0) is 4.79 Å². The van der Waals surface area contributed by atoms with Crippen molar-refractivity contribution in [2.24, 2.45) is 4.99 Å². The van der Waals surface area contributed by atoms with Gasteiger partial charge in [0.1, 0.15) is 0 Å². The molecule has 4 aliphatic rings. The van der Waals surface area contributed by atoms with Gasteiger partial charge in [-0.05, 0) is 12.8 Å². The predicted molar refractivity (Wildman–Crippen MR) is 91.6 cm³/mol. The lowest BCUT2D eigenvalue weighted by Gasteiger charge is -2.47. The number of guanidine groups is 1. The number of piperidine rings is 1. The van der Waals surface area contributed by atoms with Crippen molar-refractivity contribution in [3.8, 4) is 0 Å². The number of aliphatic imine (C=N–C) groups is 1. The normalized spacial score (nSPS) is 32.0. The molecular weight excluding hydrogens is 292 g/mol. The van der Waals surface area contributed by atoms with Crippen molar-refractivity contribution in [3.63, 3.8) is 0 Å². The first-order valence-corrected chi connectivity index (χ1v) is 8.85. The smallest absolute Gasteiger partial charge is 0.219 e. The van der Waals surface area contributed by atoms with Gasteiger partial charge in [0.2, 0.25) is 5.91 Å². The van der Waals surface area contributed by atoms with Crippen LogP contribution in [0.15, 0.2) is 4.99 Å². The number of carbonyl (C=O) groups excluding carboxylic acids is 1. The van der Waals surface area contributed by atoms with Crippen LogP contribution >= 0.6 is 0 Å². The summed E-state index contributed by atoms with van der Waals surface area (Å²) in [6, 6.07) is 0.999. The maximum absolute atomic E-state index is 11.4. The molecule has 0 aromatic carbocycles. The lowest BCUT2D eigenvalue weighted by Crippen LogP contribution is -2.64. The molecule has 7 nitrogen and oxygen atoms in total. The first-order chi connectivity index (χ1) is 11.2. The van der Waals surface area contributed by atoms with Crippen molar-refractivity contribution in [1.82, 2.24) is 25.3 Å². The molecule has 7 heteroatoms. The number of nitrogens with one attached hydrogen (secondary N) is 2. The molecule has 0 aliphatic carbocycles. The van der Waals surface area contributed by atoms with Crippen molar-refractivity contribution >= 4 is 11.9 Å². The molecular formula is C16H30N6O. The Labute approximate surface area is 139 Å². The third-order valence-corrected chi connectivity index (χ3v) is 5.40. The van der Waals surface area contributed by atoms with Crippen molar-refractivity contribution in [2.45, 2.75) is 31.8 Å². The van der Waals surface area contributed by atoms with E-state index in [0.717, 1.165) is 38.4 Å². The Bertz CT molecular complexity index is 438. The summed E-state index contributed by atoms with van der Waals surface area (Å²) in [5, 5.41) is 7.01. The van der Waals surface area contributed by atoms with E-state index < -0.39 is 0 Å². The molecule has 130 valence electrons. The van der Waals surface area contributed by atoms with Crippen LogP contribution in [0.4, 0.5) is 0 Å². The molecule has 0 aromatic rings. The summed E-state index contributed by atoms with van der Waals surface area (Å²) in [5.74, 6) is 1.08. The molecule has 2 bridgehead atoms. The molecule has 1 atom stereocenters. The SMILES string of the molecule is CN=C(NCC1CN2CCN1CC2)NC1CCN(C(C)=O)CC1. The molecule has 4 fully saturated rings. The molecule has 1 amide bonds. The molecule has 4 saturated heterocycles. The summed E-state index contributed by atoms with van der Waals surface area (Å²) in [4.78, 5) is 22.8.